The number of anilines is 2. The van der Waals surface area contributed by atoms with Gasteiger partial charge in [-0.05, 0) is 86.1 Å². The van der Waals surface area contributed by atoms with Crippen LogP contribution in [0.5, 0.6) is 0 Å². The molecule has 0 atom stereocenters. The molecule has 12 rings (SSSR count). The molecule has 0 unspecified atom stereocenters. The predicted octanol–water partition coefficient (Wildman–Crippen LogP) is 11.1. The molecule has 0 bridgehead atoms. The summed E-state index contributed by atoms with van der Waals surface area (Å²) in [5.74, 6) is 2.38. The first kappa shape index (κ1) is 45.9. The number of fused-ring (bicyclic) bond motifs is 4. The van der Waals surface area contributed by atoms with Crippen LogP contribution in [-0.2, 0) is 0 Å². The Hall–Kier alpha value is -8.52. The van der Waals surface area contributed by atoms with Crippen molar-refractivity contribution in [2.24, 2.45) is 11.8 Å². The van der Waals surface area contributed by atoms with Crippen LogP contribution in [0, 0.1) is 11.8 Å². The van der Waals surface area contributed by atoms with E-state index in [0.717, 1.165) is 129 Å². The molecule has 4 aromatic carbocycles. The van der Waals surface area contributed by atoms with Crippen LogP contribution in [0.1, 0.15) is 74.1 Å². The number of amides is 2. The van der Waals surface area contributed by atoms with Gasteiger partial charge in [0.1, 0.15) is 0 Å². The molecule has 10 aromatic rings. The highest BCUT2D eigenvalue weighted by Gasteiger charge is 2.25. The second kappa shape index (κ2) is 19.7. The third kappa shape index (κ3) is 9.80. The number of aromatic nitrogens is 8. The van der Waals surface area contributed by atoms with Crippen molar-refractivity contribution in [3.63, 3.8) is 0 Å². The third-order valence-electron chi connectivity index (χ3n) is 12.9. The Balaban J connectivity index is 0.000000156. The average molecular weight is 953 g/mol. The van der Waals surface area contributed by atoms with Gasteiger partial charge in [0.15, 0.2) is 22.9 Å². The first-order valence-electron chi connectivity index (χ1n) is 24.9. The van der Waals surface area contributed by atoms with Crippen molar-refractivity contribution in [1.82, 2.24) is 49.3 Å². The average Bonchev–Trinajstić information content (AvgIpc) is 4.33. The molecule has 360 valence electrons. The first-order chi connectivity index (χ1) is 35.1. The number of carbonyl (C=O) groups is 2. The first-order valence-corrected chi connectivity index (χ1v) is 24.9. The fourth-order valence-corrected chi connectivity index (χ4v) is 8.73. The van der Waals surface area contributed by atoms with Crippen LogP contribution in [0.2, 0.25) is 0 Å². The summed E-state index contributed by atoms with van der Waals surface area (Å²) in [5, 5.41) is 15.2. The fourth-order valence-electron chi connectivity index (χ4n) is 8.73. The monoisotopic (exact) mass is 952 g/mol. The molecule has 4 N–H and O–H groups in total. The summed E-state index contributed by atoms with van der Waals surface area (Å²) >= 11 is 0. The van der Waals surface area contributed by atoms with Gasteiger partial charge in [-0.3, -0.25) is 28.4 Å². The number of hydrogen-bond donors (Lipinski definition) is 4. The quantitative estimate of drug-likeness (QED) is 0.0823. The number of pyridine rings is 2. The molecule has 6 heterocycles. The molecule has 2 aliphatic carbocycles. The van der Waals surface area contributed by atoms with E-state index < -0.39 is 0 Å². The maximum absolute atomic E-state index is 12.4. The summed E-state index contributed by atoms with van der Waals surface area (Å²) < 4.78 is 4.17. The number of imidazole rings is 2. The van der Waals surface area contributed by atoms with Gasteiger partial charge in [0, 0.05) is 94.1 Å². The lowest BCUT2D eigenvalue weighted by Crippen LogP contribution is -2.25. The number of carbonyl (C=O) groups excluding carboxylic acids is 2. The largest absolute Gasteiger partial charge is 0.367 e. The van der Waals surface area contributed by atoms with E-state index in [4.69, 9.17) is 19.9 Å². The minimum Gasteiger partial charge on any atom is -0.367 e. The van der Waals surface area contributed by atoms with E-state index in [1.54, 1.807) is 12.4 Å². The molecular formula is C58H56N12O2. The van der Waals surface area contributed by atoms with Gasteiger partial charge in [0.2, 0.25) is 0 Å². The van der Waals surface area contributed by atoms with Gasteiger partial charge < -0.3 is 21.3 Å². The molecule has 72 heavy (non-hydrogen) atoms. The van der Waals surface area contributed by atoms with Crippen LogP contribution < -0.4 is 21.3 Å². The van der Waals surface area contributed by atoms with Crippen molar-refractivity contribution < 1.29 is 9.59 Å². The van der Waals surface area contributed by atoms with Gasteiger partial charge in [-0.2, -0.15) is 0 Å². The Morgan fingerprint density at radius 2 is 0.944 bits per heavy atom. The van der Waals surface area contributed by atoms with Crippen molar-refractivity contribution in [3.05, 3.63) is 158 Å². The Morgan fingerprint density at radius 3 is 1.33 bits per heavy atom. The second-order valence-electron chi connectivity index (χ2n) is 19.6. The van der Waals surface area contributed by atoms with Gasteiger partial charge in [-0.25, -0.2) is 19.9 Å². The highest BCUT2D eigenvalue weighted by atomic mass is 16.2. The molecule has 14 heteroatoms. The lowest BCUT2D eigenvalue weighted by molar-refractivity contribution is 0.0942. The van der Waals surface area contributed by atoms with Gasteiger partial charge in [0.25, 0.3) is 11.8 Å². The lowest BCUT2D eigenvalue weighted by atomic mass is 10.1. The van der Waals surface area contributed by atoms with E-state index in [2.05, 4.69) is 92.0 Å². The lowest BCUT2D eigenvalue weighted by Gasteiger charge is -2.13. The highest BCUT2D eigenvalue weighted by Crippen LogP contribution is 2.34. The SMILES string of the molecule is CC(C)CNc1nc(-c2cccc3ncccc23)cn2c(-c3ccc(C(=O)NC4CC4)cc3)cnc12.CC(C)CNc1nc(-c2cccc3ncccc23)cn2c(-c3ccc(C(=O)NC4CC4)cc3)cnc12. The summed E-state index contributed by atoms with van der Waals surface area (Å²) in [6, 6.07) is 36.4. The van der Waals surface area contributed by atoms with E-state index in [0.29, 0.717) is 35.0 Å². The fraction of sp³-hybridized carbons (Fsp3) is 0.241. The second-order valence-corrected chi connectivity index (χ2v) is 19.6. The topological polar surface area (TPSA) is 168 Å². The van der Waals surface area contributed by atoms with Crippen LogP contribution in [0.3, 0.4) is 0 Å². The molecule has 0 radical (unpaired) electrons. The van der Waals surface area contributed by atoms with Gasteiger partial charge in [0.05, 0.1) is 46.2 Å². The minimum atomic E-state index is -0.0154. The van der Waals surface area contributed by atoms with Crippen LogP contribution in [0.4, 0.5) is 11.6 Å². The van der Waals surface area contributed by atoms with Crippen LogP contribution in [-0.4, -0.2) is 75.7 Å². The predicted molar refractivity (Wildman–Crippen MR) is 286 cm³/mol. The number of nitrogens with one attached hydrogen (secondary N) is 4. The Morgan fingerprint density at radius 1 is 0.528 bits per heavy atom. The Labute approximate surface area is 417 Å². The standard InChI is InChI=1S/2C29H28N6O/c2*1-18(2)15-31-27-28-32-16-26(19-8-10-20(11-9-19)29(36)33-21-12-13-21)35(28)17-25(34-27)23-5-3-7-24-22(23)6-4-14-30-24/h2*3-11,14,16-18,21H,12-13,15H2,1-2H3,(H,31,34)(H,33,36). The minimum absolute atomic E-state index is 0.0154. The van der Waals surface area contributed by atoms with E-state index >= 15 is 0 Å². The van der Waals surface area contributed by atoms with E-state index in [1.165, 1.54) is 0 Å². The normalized spacial score (nSPS) is 13.4. The van der Waals surface area contributed by atoms with Crippen LogP contribution in [0.15, 0.2) is 146 Å². The highest BCUT2D eigenvalue weighted by molar-refractivity contribution is 5.97. The van der Waals surface area contributed by atoms with Crippen LogP contribution >= 0.6 is 0 Å². The molecule has 0 saturated heterocycles. The molecule has 14 nitrogen and oxygen atoms in total. The smallest absolute Gasteiger partial charge is 0.251 e. The van der Waals surface area contributed by atoms with Crippen molar-refractivity contribution in [2.45, 2.75) is 65.5 Å². The zero-order valence-corrected chi connectivity index (χ0v) is 40.8. The summed E-state index contributed by atoms with van der Waals surface area (Å²) in [7, 11) is 0. The summed E-state index contributed by atoms with van der Waals surface area (Å²) in [4.78, 5) is 53.3. The Kier molecular flexibility index (Phi) is 12.6. The molecule has 2 saturated carbocycles. The van der Waals surface area contributed by atoms with Gasteiger partial charge in [-0.1, -0.05) is 88.4 Å². The molecule has 0 spiro atoms. The van der Waals surface area contributed by atoms with Crippen molar-refractivity contribution in [2.75, 3.05) is 23.7 Å². The Bertz CT molecular complexity index is 3360. The maximum atomic E-state index is 12.4. The molecule has 2 fully saturated rings. The van der Waals surface area contributed by atoms with E-state index in [1.807, 2.05) is 110 Å². The molecule has 2 aliphatic rings. The van der Waals surface area contributed by atoms with Crippen LogP contribution in [0.25, 0.3) is 78.1 Å². The number of nitrogens with zero attached hydrogens (tertiary/aromatic N) is 8. The molecular weight excluding hydrogens is 897 g/mol. The van der Waals surface area contributed by atoms with Crippen molar-refractivity contribution in [1.29, 1.82) is 0 Å². The van der Waals surface area contributed by atoms with Gasteiger partial charge in [-0.15, -0.1) is 0 Å². The van der Waals surface area contributed by atoms with E-state index in [-0.39, 0.29) is 11.8 Å². The van der Waals surface area contributed by atoms with Crippen molar-refractivity contribution >= 4 is 56.6 Å². The van der Waals surface area contributed by atoms with Crippen molar-refractivity contribution in [3.8, 4) is 45.0 Å². The maximum Gasteiger partial charge on any atom is 0.251 e. The number of benzene rings is 4. The van der Waals surface area contributed by atoms with Gasteiger partial charge >= 0.3 is 0 Å². The van der Waals surface area contributed by atoms with E-state index in [9.17, 15) is 9.59 Å². The third-order valence-corrected chi connectivity index (χ3v) is 12.9. The number of hydrogen-bond acceptors (Lipinski definition) is 10. The zero-order valence-electron chi connectivity index (χ0n) is 40.8. The molecule has 2 amide bonds. The molecule has 0 aliphatic heterocycles. The summed E-state index contributed by atoms with van der Waals surface area (Å²) in [6.45, 7) is 10.3. The molecule has 6 aromatic heterocycles. The summed E-state index contributed by atoms with van der Waals surface area (Å²) in [6.07, 6.45) is 15.7. The zero-order chi connectivity index (χ0) is 49.3. The summed E-state index contributed by atoms with van der Waals surface area (Å²) in [5.41, 5.74) is 12.3. The number of rotatable bonds is 14.